The normalized spacial score (nSPS) is 24.3. The molecule has 20 heavy (non-hydrogen) atoms. The number of amides is 1. The van der Waals surface area contributed by atoms with Gasteiger partial charge in [0.2, 0.25) is 5.91 Å². The van der Waals surface area contributed by atoms with Gasteiger partial charge in [0.1, 0.15) is 0 Å². The van der Waals surface area contributed by atoms with E-state index in [-0.39, 0.29) is 17.9 Å². The van der Waals surface area contributed by atoms with Gasteiger partial charge in [-0.2, -0.15) is 5.21 Å². The highest BCUT2D eigenvalue weighted by atomic mass is 16.1. The van der Waals surface area contributed by atoms with Crippen LogP contribution in [-0.4, -0.2) is 26.5 Å². The lowest BCUT2D eigenvalue weighted by Crippen LogP contribution is -2.35. The molecule has 2 rings (SSSR count). The van der Waals surface area contributed by atoms with Crippen molar-refractivity contribution in [2.45, 2.75) is 64.8 Å². The van der Waals surface area contributed by atoms with Crippen LogP contribution in [0, 0.1) is 11.8 Å². The Kier molecular flexibility index (Phi) is 5.49. The highest BCUT2D eigenvalue weighted by molar-refractivity contribution is 5.79. The van der Waals surface area contributed by atoms with E-state index in [2.05, 4.69) is 32.9 Å². The summed E-state index contributed by atoms with van der Waals surface area (Å²) in [6.45, 7) is 4.12. The van der Waals surface area contributed by atoms with Gasteiger partial charge < -0.3 is 5.32 Å². The zero-order valence-corrected chi connectivity index (χ0v) is 12.4. The number of carbonyl (C=O) groups excluding carboxylic acids is 1. The molecule has 1 atom stereocenters. The first-order chi connectivity index (χ1) is 9.70. The third-order valence-corrected chi connectivity index (χ3v) is 4.29. The summed E-state index contributed by atoms with van der Waals surface area (Å²) in [6.07, 6.45) is 8.31. The van der Waals surface area contributed by atoms with Crippen LogP contribution in [0.15, 0.2) is 0 Å². The first kappa shape index (κ1) is 14.9. The smallest absolute Gasteiger partial charge is 0.223 e. The van der Waals surface area contributed by atoms with E-state index in [1.54, 1.807) is 0 Å². The van der Waals surface area contributed by atoms with Crippen molar-refractivity contribution in [2.24, 2.45) is 11.8 Å². The Labute approximate surface area is 120 Å². The molecule has 1 aliphatic rings. The molecule has 2 N–H and O–H groups in total. The van der Waals surface area contributed by atoms with Crippen LogP contribution >= 0.6 is 0 Å². The lowest BCUT2D eigenvalue weighted by molar-refractivity contribution is -0.127. The van der Waals surface area contributed by atoms with Gasteiger partial charge in [-0.05, 0) is 38.5 Å². The SMILES string of the molecule is CCCCC1CCC(C(=O)NC(C)c2nn[nH]n2)CC1. The van der Waals surface area contributed by atoms with E-state index in [0.29, 0.717) is 5.82 Å². The molecule has 0 radical (unpaired) electrons. The molecule has 1 fully saturated rings. The molecule has 0 spiro atoms. The lowest BCUT2D eigenvalue weighted by atomic mass is 9.79. The zero-order valence-electron chi connectivity index (χ0n) is 12.4. The van der Waals surface area contributed by atoms with Crippen LogP contribution in [0.3, 0.4) is 0 Å². The van der Waals surface area contributed by atoms with Crippen molar-refractivity contribution in [1.29, 1.82) is 0 Å². The Hall–Kier alpha value is -1.46. The van der Waals surface area contributed by atoms with Crippen molar-refractivity contribution < 1.29 is 4.79 Å². The number of nitrogens with one attached hydrogen (secondary N) is 2. The number of unbranched alkanes of at least 4 members (excludes halogenated alkanes) is 1. The van der Waals surface area contributed by atoms with Crippen LogP contribution in [0.2, 0.25) is 0 Å². The van der Waals surface area contributed by atoms with Crippen molar-refractivity contribution in [1.82, 2.24) is 25.9 Å². The maximum atomic E-state index is 12.2. The highest BCUT2D eigenvalue weighted by Gasteiger charge is 2.27. The molecule has 6 nitrogen and oxygen atoms in total. The first-order valence-corrected chi connectivity index (χ1v) is 7.74. The minimum Gasteiger partial charge on any atom is -0.346 e. The molecule has 1 unspecified atom stereocenters. The minimum atomic E-state index is -0.181. The molecule has 112 valence electrons. The zero-order chi connectivity index (χ0) is 14.4. The average Bonchev–Trinajstić information content (AvgIpc) is 3.00. The van der Waals surface area contributed by atoms with Gasteiger partial charge in [0.25, 0.3) is 0 Å². The van der Waals surface area contributed by atoms with Crippen LogP contribution < -0.4 is 5.32 Å². The summed E-state index contributed by atoms with van der Waals surface area (Å²) < 4.78 is 0. The molecular weight excluding hydrogens is 254 g/mol. The fraction of sp³-hybridized carbons (Fsp3) is 0.857. The Bertz CT molecular complexity index is 398. The van der Waals surface area contributed by atoms with Gasteiger partial charge in [-0.15, -0.1) is 10.2 Å². The van der Waals surface area contributed by atoms with Crippen molar-refractivity contribution in [3.8, 4) is 0 Å². The molecule has 6 heteroatoms. The van der Waals surface area contributed by atoms with E-state index >= 15 is 0 Å². The molecule has 1 aliphatic carbocycles. The monoisotopic (exact) mass is 279 g/mol. The van der Waals surface area contributed by atoms with Gasteiger partial charge in [0.15, 0.2) is 5.82 Å². The highest BCUT2D eigenvalue weighted by Crippen LogP contribution is 2.32. The van der Waals surface area contributed by atoms with Crippen molar-refractivity contribution in [3.63, 3.8) is 0 Å². The summed E-state index contributed by atoms with van der Waals surface area (Å²) in [5.41, 5.74) is 0. The summed E-state index contributed by atoms with van der Waals surface area (Å²) >= 11 is 0. The van der Waals surface area contributed by atoms with Crippen LogP contribution in [0.1, 0.15) is 70.7 Å². The number of rotatable bonds is 6. The number of hydrogen-bond acceptors (Lipinski definition) is 4. The van der Waals surface area contributed by atoms with Crippen LogP contribution in [-0.2, 0) is 4.79 Å². The third kappa shape index (κ3) is 4.02. The molecule has 0 bridgehead atoms. The second-order valence-electron chi connectivity index (χ2n) is 5.86. The van der Waals surface area contributed by atoms with Gasteiger partial charge in [0.05, 0.1) is 6.04 Å². The second-order valence-corrected chi connectivity index (χ2v) is 5.86. The fourth-order valence-electron chi connectivity index (χ4n) is 2.95. The molecule has 0 aromatic carbocycles. The maximum Gasteiger partial charge on any atom is 0.223 e. The number of tetrazole rings is 1. The van der Waals surface area contributed by atoms with Gasteiger partial charge in [-0.25, -0.2) is 0 Å². The van der Waals surface area contributed by atoms with Crippen LogP contribution in [0.5, 0.6) is 0 Å². The average molecular weight is 279 g/mol. The summed E-state index contributed by atoms with van der Waals surface area (Å²) in [5.74, 6) is 1.65. The second kappa shape index (κ2) is 7.36. The molecule has 1 heterocycles. The summed E-state index contributed by atoms with van der Waals surface area (Å²) in [7, 11) is 0. The maximum absolute atomic E-state index is 12.2. The number of carbonyl (C=O) groups is 1. The Morgan fingerprint density at radius 2 is 2.15 bits per heavy atom. The molecule has 1 aromatic heterocycles. The number of nitrogens with zero attached hydrogens (tertiary/aromatic N) is 3. The molecule has 1 saturated carbocycles. The van der Waals surface area contributed by atoms with Gasteiger partial charge in [0, 0.05) is 5.92 Å². The van der Waals surface area contributed by atoms with Crippen molar-refractivity contribution in [2.75, 3.05) is 0 Å². The quantitative estimate of drug-likeness (QED) is 0.837. The largest absolute Gasteiger partial charge is 0.346 e. The molecular formula is C14H25N5O. The number of aromatic amines is 1. The van der Waals surface area contributed by atoms with E-state index in [1.165, 1.54) is 32.1 Å². The predicted molar refractivity (Wildman–Crippen MR) is 75.7 cm³/mol. The topological polar surface area (TPSA) is 83.6 Å². The summed E-state index contributed by atoms with van der Waals surface area (Å²) in [6, 6.07) is -0.181. The molecule has 0 saturated heterocycles. The van der Waals surface area contributed by atoms with E-state index in [4.69, 9.17) is 0 Å². The van der Waals surface area contributed by atoms with E-state index in [9.17, 15) is 4.79 Å². The van der Waals surface area contributed by atoms with Crippen LogP contribution in [0.25, 0.3) is 0 Å². The first-order valence-electron chi connectivity index (χ1n) is 7.74. The Morgan fingerprint density at radius 1 is 1.40 bits per heavy atom. The van der Waals surface area contributed by atoms with Gasteiger partial charge in [-0.3, -0.25) is 4.79 Å². The minimum absolute atomic E-state index is 0.135. The van der Waals surface area contributed by atoms with E-state index in [1.807, 2.05) is 6.92 Å². The van der Waals surface area contributed by atoms with Crippen LogP contribution in [0.4, 0.5) is 0 Å². The van der Waals surface area contributed by atoms with E-state index in [0.717, 1.165) is 18.8 Å². The molecule has 0 aliphatic heterocycles. The predicted octanol–water partition coefficient (Wildman–Crippen LogP) is 2.37. The lowest BCUT2D eigenvalue weighted by Gasteiger charge is -2.28. The standard InChI is InChI=1S/C14H25N5O/c1-3-4-5-11-6-8-12(9-7-11)14(20)15-10(2)13-16-18-19-17-13/h10-12H,3-9H2,1-2H3,(H,15,20)(H,16,17,18,19). The number of hydrogen-bond donors (Lipinski definition) is 2. The summed E-state index contributed by atoms with van der Waals surface area (Å²) in [5, 5.41) is 16.7. The Morgan fingerprint density at radius 3 is 2.75 bits per heavy atom. The molecule has 1 amide bonds. The number of aromatic nitrogens is 4. The molecule has 1 aromatic rings. The van der Waals surface area contributed by atoms with E-state index < -0.39 is 0 Å². The third-order valence-electron chi connectivity index (χ3n) is 4.29. The number of H-pyrrole nitrogens is 1. The summed E-state index contributed by atoms with van der Waals surface area (Å²) in [4.78, 5) is 12.2. The fourth-order valence-corrected chi connectivity index (χ4v) is 2.95. The van der Waals surface area contributed by atoms with Crippen molar-refractivity contribution in [3.05, 3.63) is 5.82 Å². The van der Waals surface area contributed by atoms with Gasteiger partial charge in [-0.1, -0.05) is 31.4 Å². The Balaban J connectivity index is 1.74. The van der Waals surface area contributed by atoms with Crippen molar-refractivity contribution >= 4 is 5.91 Å². The van der Waals surface area contributed by atoms with Gasteiger partial charge >= 0.3 is 0 Å².